The van der Waals surface area contributed by atoms with E-state index < -0.39 is 0 Å². The first-order valence-electron chi connectivity index (χ1n) is 3.33. The number of halogens is 2. The van der Waals surface area contributed by atoms with Crippen LogP contribution in [0.1, 0.15) is 4.11 Å². The Labute approximate surface area is 68.6 Å². The zero-order chi connectivity index (χ0) is 8.59. The van der Waals surface area contributed by atoms with Crippen LogP contribution in [0.4, 0.5) is 0 Å². The Balaban J connectivity index is 3.46. The molecule has 0 radical (unpaired) electrons. The number of hydrogen-bond donors (Lipinski definition) is 0. The van der Waals surface area contributed by atoms with E-state index in [4.69, 9.17) is 4.11 Å². The third-order valence-electron chi connectivity index (χ3n) is 0.563. The molecule has 0 aromatic carbocycles. The van der Waals surface area contributed by atoms with Crippen molar-refractivity contribution in [2.45, 2.75) is 0 Å². The van der Waals surface area contributed by atoms with E-state index in [0.717, 1.165) is 0 Å². The summed E-state index contributed by atoms with van der Waals surface area (Å²) < 4.78 is 22.4. The van der Waals surface area contributed by atoms with Gasteiger partial charge in [0.1, 0.15) is 4.60 Å². The van der Waals surface area contributed by atoms with E-state index in [1.165, 1.54) is 0 Å². The first-order chi connectivity index (χ1) is 5.04. The zero-order valence-electron chi connectivity index (χ0n) is 6.70. The number of hydrogen-bond acceptors (Lipinski definition) is 1. The standard InChI is InChI=1S/C5H3Br2N/c6-4-2-1-3-8-5(4)7/h1-3H/i1D,2D,3D. The van der Waals surface area contributed by atoms with Gasteiger partial charge in [-0.1, -0.05) is 0 Å². The maximum absolute atomic E-state index is 7.30. The number of nitrogens with zero attached hydrogens (tertiary/aromatic N) is 1. The molecule has 1 aromatic heterocycles. The minimum atomic E-state index is -0.190. The normalized spacial score (nSPS) is 14.5. The molecule has 0 N–H and O–H groups in total. The quantitative estimate of drug-likeness (QED) is 0.635. The second kappa shape index (κ2) is 2.60. The highest BCUT2D eigenvalue weighted by atomic mass is 79.9. The van der Waals surface area contributed by atoms with Crippen LogP contribution in [-0.4, -0.2) is 4.98 Å². The molecule has 0 spiro atoms. The summed E-state index contributed by atoms with van der Waals surface area (Å²) in [5, 5.41) is 0. The van der Waals surface area contributed by atoms with Crippen LogP contribution in [0.15, 0.2) is 27.3 Å². The van der Waals surface area contributed by atoms with Gasteiger partial charge in [-0.25, -0.2) is 4.98 Å². The molecule has 3 heteroatoms. The summed E-state index contributed by atoms with van der Waals surface area (Å²) in [6.07, 6.45) is -0.190. The monoisotopic (exact) mass is 238 g/mol. The fourth-order valence-corrected chi connectivity index (χ4v) is 0.636. The molecule has 1 nitrogen and oxygen atoms in total. The van der Waals surface area contributed by atoms with Gasteiger partial charge in [-0.3, -0.25) is 0 Å². The van der Waals surface area contributed by atoms with E-state index in [2.05, 4.69) is 36.8 Å². The van der Waals surface area contributed by atoms with Crippen LogP contribution >= 0.6 is 31.9 Å². The highest BCUT2D eigenvalue weighted by Crippen LogP contribution is 2.17. The maximum Gasteiger partial charge on any atom is 0.120 e. The molecule has 0 saturated heterocycles. The van der Waals surface area contributed by atoms with Crippen LogP contribution in [0.2, 0.25) is 0 Å². The fourth-order valence-electron chi connectivity index (χ4n) is 0.261. The lowest BCUT2D eigenvalue weighted by atomic mass is 10.5. The van der Waals surface area contributed by atoms with Crippen LogP contribution in [0.3, 0.4) is 0 Å². The summed E-state index contributed by atoms with van der Waals surface area (Å²) in [6, 6.07) is -0.183. The van der Waals surface area contributed by atoms with Gasteiger partial charge in [0, 0.05) is 6.17 Å². The topological polar surface area (TPSA) is 12.9 Å². The molecule has 42 valence electrons. The van der Waals surface area contributed by atoms with Gasteiger partial charge < -0.3 is 0 Å². The van der Waals surface area contributed by atoms with Gasteiger partial charge >= 0.3 is 0 Å². The Kier molecular flexibility index (Phi) is 1.08. The smallest absolute Gasteiger partial charge is 0.120 e. The molecule has 1 rings (SSSR count). The van der Waals surface area contributed by atoms with E-state index in [1.54, 1.807) is 0 Å². The van der Waals surface area contributed by atoms with Gasteiger partial charge in [0.2, 0.25) is 0 Å². The van der Waals surface area contributed by atoms with Crippen LogP contribution in [-0.2, 0) is 0 Å². The second-order valence-electron chi connectivity index (χ2n) is 1.08. The van der Waals surface area contributed by atoms with Crippen molar-refractivity contribution in [3.8, 4) is 0 Å². The summed E-state index contributed by atoms with van der Waals surface area (Å²) in [4.78, 5) is 3.66. The lowest BCUT2D eigenvalue weighted by molar-refractivity contribution is 1.26. The van der Waals surface area contributed by atoms with Gasteiger partial charge in [-0.05, 0) is 43.9 Å². The van der Waals surface area contributed by atoms with Crippen molar-refractivity contribution in [3.63, 3.8) is 0 Å². The number of rotatable bonds is 0. The summed E-state index contributed by atoms with van der Waals surface area (Å²) in [5.41, 5.74) is 0. The fraction of sp³-hybridized carbons (Fsp3) is 0. The summed E-state index contributed by atoms with van der Waals surface area (Å²) in [6.45, 7) is 0. The molecular weight excluding hydrogens is 234 g/mol. The Hall–Kier alpha value is 0.110. The molecule has 0 saturated carbocycles. The highest BCUT2D eigenvalue weighted by molar-refractivity contribution is 9.13. The molecule has 0 unspecified atom stereocenters. The molecule has 0 fully saturated rings. The Morgan fingerprint density at radius 1 is 1.62 bits per heavy atom. The van der Waals surface area contributed by atoms with Crippen LogP contribution < -0.4 is 0 Å². The van der Waals surface area contributed by atoms with Crippen molar-refractivity contribution in [2.75, 3.05) is 0 Å². The van der Waals surface area contributed by atoms with Crippen LogP contribution in [0.25, 0.3) is 0 Å². The second-order valence-corrected chi connectivity index (χ2v) is 2.62. The van der Waals surface area contributed by atoms with Crippen molar-refractivity contribution < 1.29 is 4.11 Å². The minimum Gasteiger partial charge on any atom is -0.248 e. The van der Waals surface area contributed by atoms with E-state index >= 15 is 0 Å². The van der Waals surface area contributed by atoms with Crippen LogP contribution in [0, 0.1) is 0 Å². The molecule has 0 aliphatic heterocycles. The van der Waals surface area contributed by atoms with Crippen molar-refractivity contribution in [1.82, 2.24) is 4.98 Å². The molecule has 0 aliphatic carbocycles. The third-order valence-corrected chi connectivity index (χ3v) is 2.24. The van der Waals surface area contributed by atoms with E-state index in [9.17, 15) is 0 Å². The Morgan fingerprint density at radius 2 is 2.38 bits per heavy atom. The van der Waals surface area contributed by atoms with Gasteiger partial charge in [0.05, 0.1) is 8.58 Å². The largest absolute Gasteiger partial charge is 0.248 e. The average Bonchev–Trinajstić information content (AvgIpc) is 1.97. The third kappa shape index (κ3) is 1.29. The van der Waals surface area contributed by atoms with Gasteiger partial charge in [0.15, 0.2) is 0 Å². The Morgan fingerprint density at radius 3 is 3.12 bits per heavy atom. The zero-order valence-corrected chi connectivity index (χ0v) is 6.88. The minimum absolute atomic E-state index is 0.0168. The first kappa shape index (κ1) is 3.32. The van der Waals surface area contributed by atoms with Crippen LogP contribution in [0.5, 0.6) is 0 Å². The van der Waals surface area contributed by atoms with Gasteiger partial charge in [-0.2, -0.15) is 0 Å². The molecule has 0 amide bonds. The molecule has 0 aliphatic rings. The Bertz CT molecular complexity index is 276. The molecule has 8 heavy (non-hydrogen) atoms. The molecule has 0 atom stereocenters. The SMILES string of the molecule is [2H]c1nc(Br)c(Br)c([2H])c1[2H]. The predicted octanol–water partition coefficient (Wildman–Crippen LogP) is 2.61. The molecule has 0 bridgehead atoms. The van der Waals surface area contributed by atoms with Crippen molar-refractivity contribution in [2.24, 2.45) is 0 Å². The maximum atomic E-state index is 7.30. The predicted molar refractivity (Wildman–Crippen MR) is 39.6 cm³/mol. The van der Waals surface area contributed by atoms with E-state index in [0.29, 0.717) is 9.08 Å². The number of aromatic nitrogens is 1. The van der Waals surface area contributed by atoms with Gasteiger partial charge in [-0.15, -0.1) is 0 Å². The summed E-state index contributed by atoms with van der Waals surface area (Å²) in [5.74, 6) is 0. The molecule has 1 aromatic rings. The van der Waals surface area contributed by atoms with Crippen molar-refractivity contribution in [3.05, 3.63) is 27.3 Å². The van der Waals surface area contributed by atoms with E-state index in [1.807, 2.05) is 0 Å². The highest BCUT2D eigenvalue weighted by Gasteiger charge is 1.90. The molecule has 1 heterocycles. The number of pyridine rings is 1. The summed E-state index contributed by atoms with van der Waals surface area (Å²) >= 11 is 6.11. The van der Waals surface area contributed by atoms with Gasteiger partial charge in [0.25, 0.3) is 0 Å². The lowest BCUT2D eigenvalue weighted by Gasteiger charge is -1.88. The average molecular weight is 240 g/mol. The molecular formula is C5H3Br2N. The van der Waals surface area contributed by atoms with E-state index in [-0.39, 0.29) is 18.3 Å². The van der Waals surface area contributed by atoms with Crippen molar-refractivity contribution in [1.29, 1.82) is 0 Å². The van der Waals surface area contributed by atoms with Crippen molar-refractivity contribution >= 4 is 31.9 Å². The summed E-state index contributed by atoms with van der Waals surface area (Å²) in [7, 11) is 0. The lowest BCUT2D eigenvalue weighted by Crippen LogP contribution is -1.71. The first-order valence-corrected chi connectivity index (χ1v) is 3.41.